The van der Waals surface area contributed by atoms with Gasteiger partial charge in [0.15, 0.2) is 0 Å². The van der Waals surface area contributed by atoms with Crippen LogP contribution in [0.5, 0.6) is 0 Å². The van der Waals surface area contributed by atoms with Crippen molar-refractivity contribution in [3.63, 3.8) is 0 Å². The van der Waals surface area contributed by atoms with E-state index in [0.717, 1.165) is 44.1 Å². The van der Waals surface area contributed by atoms with Crippen molar-refractivity contribution in [3.8, 4) is 0 Å². The Kier molecular flexibility index (Phi) is 6.19. The molecule has 1 rings (SSSR count). The van der Waals surface area contributed by atoms with E-state index in [2.05, 4.69) is 43.2 Å². The van der Waals surface area contributed by atoms with Gasteiger partial charge < -0.3 is 9.73 Å². The van der Waals surface area contributed by atoms with Gasteiger partial charge in [0.2, 0.25) is 0 Å². The SMILES string of the molecule is CCCNCCN(C)Cc1ccc(CC)o1. The molecule has 1 aromatic rings. The molecule has 0 aromatic carbocycles. The Hall–Kier alpha value is -0.800. The average Bonchev–Trinajstić information content (AvgIpc) is 2.72. The van der Waals surface area contributed by atoms with Gasteiger partial charge in [-0.1, -0.05) is 13.8 Å². The van der Waals surface area contributed by atoms with Gasteiger partial charge in [0.25, 0.3) is 0 Å². The first-order chi connectivity index (χ1) is 7.76. The first kappa shape index (κ1) is 13.3. The molecule has 0 saturated heterocycles. The third kappa shape index (κ3) is 4.81. The van der Waals surface area contributed by atoms with Gasteiger partial charge in [-0.2, -0.15) is 0 Å². The van der Waals surface area contributed by atoms with Crippen LogP contribution in [0.4, 0.5) is 0 Å². The number of hydrogen-bond donors (Lipinski definition) is 1. The van der Waals surface area contributed by atoms with E-state index in [4.69, 9.17) is 4.42 Å². The van der Waals surface area contributed by atoms with Gasteiger partial charge in [0, 0.05) is 19.5 Å². The second-order valence-corrected chi connectivity index (χ2v) is 4.21. The molecular formula is C13H24N2O. The highest BCUT2D eigenvalue weighted by molar-refractivity contribution is 5.06. The fourth-order valence-corrected chi connectivity index (χ4v) is 1.61. The van der Waals surface area contributed by atoms with Crippen LogP contribution in [0, 0.1) is 0 Å². The Balaban J connectivity index is 2.20. The molecule has 1 N–H and O–H groups in total. The highest BCUT2D eigenvalue weighted by Crippen LogP contribution is 2.09. The maximum Gasteiger partial charge on any atom is 0.118 e. The fraction of sp³-hybridized carbons (Fsp3) is 0.692. The fourth-order valence-electron chi connectivity index (χ4n) is 1.61. The first-order valence-corrected chi connectivity index (χ1v) is 6.23. The number of hydrogen-bond acceptors (Lipinski definition) is 3. The van der Waals surface area contributed by atoms with Gasteiger partial charge in [-0.15, -0.1) is 0 Å². The molecule has 0 bridgehead atoms. The lowest BCUT2D eigenvalue weighted by Gasteiger charge is -2.15. The van der Waals surface area contributed by atoms with Crippen LogP contribution < -0.4 is 5.32 Å². The van der Waals surface area contributed by atoms with Crippen LogP contribution in [0.15, 0.2) is 16.5 Å². The molecule has 0 atom stereocenters. The second-order valence-electron chi connectivity index (χ2n) is 4.21. The van der Waals surface area contributed by atoms with Gasteiger partial charge in [0.1, 0.15) is 11.5 Å². The molecule has 92 valence electrons. The van der Waals surface area contributed by atoms with Crippen molar-refractivity contribution in [2.24, 2.45) is 0 Å². The summed E-state index contributed by atoms with van der Waals surface area (Å²) in [5.41, 5.74) is 0. The molecule has 0 aliphatic carbocycles. The molecule has 0 amide bonds. The van der Waals surface area contributed by atoms with Crippen molar-refractivity contribution in [1.29, 1.82) is 0 Å². The van der Waals surface area contributed by atoms with E-state index in [9.17, 15) is 0 Å². The summed E-state index contributed by atoms with van der Waals surface area (Å²) in [5, 5.41) is 3.40. The highest BCUT2D eigenvalue weighted by Gasteiger charge is 2.04. The predicted molar refractivity (Wildman–Crippen MR) is 67.6 cm³/mol. The standard InChI is InChI=1S/C13H24N2O/c1-4-8-14-9-10-15(3)11-13-7-6-12(5-2)16-13/h6-7,14H,4-5,8-11H2,1-3H3. The van der Waals surface area contributed by atoms with E-state index < -0.39 is 0 Å². The van der Waals surface area contributed by atoms with Crippen LogP contribution in [0.3, 0.4) is 0 Å². The molecule has 1 aromatic heterocycles. The minimum atomic E-state index is 0.897. The van der Waals surface area contributed by atoms with Crippen molar-refractivity contribution in [1.82, 2.24) is 10.2 Å². The van der Waals surface area contributed by atoms with E-state index in [1.54, 1.807) is 0 Å². The zero-order valence-corrected chi connectivity index (χ0v) is 10.8. The lowest BCUT2D eigenvalue weighted by Crippen LogP contribution is -2.29. The van der Waals surface area contributed by atoms with Crippen molar-refractivity contribution >= 4 is 0 Å². The van der Waals surface area contributed by atoms with E-state index >= 15 is 0 Å². The van der Waals surface area contributed by atoms with Crippen molar-refractivity contribution in [2.45, 2.75) is 33.2 Å². The third-order valence-corrected chi connectivity index (χ3v) is 2.59. The zero-order valence-electron chi connectivity index (χ0n) is 10.8. The molecule has 1 heterocycles. The average molecular weight is 224 g/mol. The zero-order chi connectivity index (χ0) is 11.8. The highest BCUT2D eigenvalue weighted by atomic mass is 16.3. The summed E-state index contributed by atoms with van der Waals surface area (Å²) < 4.78 is 5.67. The number of nitrogens with zero attached hydrogens (tertiary/aromatic N) is 1. The maximum absolute atomic E-state index is 5.67. The summed E-state index contributed by atoms with van der Waals surface area (Å²) in [6.45, 7) is 8.41. The number of aryl methyl sites for hydroxylation is 1. The van der Waals surface area contributed by atoms with Crippen LogP contribution in [0.1, 0.15) is 31.8 Å². The summed E-state index contributed by atoms with van der Waals surface area (Å²) in [4.78, 5) is 2.28. The number of rotatable bonds is 8. The van der Waals surface area contributed by atoms with Crippen LogP contribution >= 0.6 is 0 Å². The number of furan rings is 1. The number of likely N-dealkylation sites (N-methyl/N-ethyl adjacent to an activating group) is 1. The van der Waals surface area contributed by atoms with Crippen LogP contribution in [-0.4, -0.2) is 31.6 Å². The third-order valence-electron chi connectivity index (χ3n) is 2.59. The topological polar surface area (TPSA) is 28.4 Å². The molecule has 0 unspecified atom stereocenters. The van der Waals surface area contributed by atoms with Crippen LogP contribution in [0.25, 0.3) is 0 Å². The monoisotopic (exact) mass is 224 g/mol. The van der Waals surface area contributed by atoms with E-state index in [-0.39, 0.29) is 0 Å². The molecular weight excluding hydrogens is 200 g/mol. The van der Waals surface area contributed by atoms with Gasteiger partial charge in [0.05, 0.1) is 6.54 Å². The molecule has 0 radical (unpaired) electrons. The van der Waals surface area contributed by atoms with Gasteiger partial charge in [-0.05, 0) is 32.1 Å². The van der Waals surface area contributed by atoms with Gasteiger partial charge in [-0.3, -0.25) is 4.90 Å². The second kappa shape index (κ2) is 7.47. The Bertz CT molecular complexity index is 283. The maximum atomic E-state index is 5.67. The Morgan fingerprint density at radius 2 is 1.94 bits per heavy atom. The summed E-state index contributed by atoms with van der Waals surface area (Å²) in [7, 11) is 2.13. The van der Waals surface area contributed by atoms with Crippen molar-refractivity contribution in [3.05, 3.63) is 23.7 Å². The normalized spacial score (nSPS) is 11.2. The van der Waals surface area contributed by atoms with Crippen LogP contribution in [-0.2, 0) is 13.0 Å². The molecule has 0 spiro atoms. The van der Waals surface area contributed by atoms with E-state index in [1.807, 2.05) is 0 Å². The summed E-state index contributed by atoms with van der Waals surface area (Å²) in [6, 6.07) is 4.15. The molecule has 16 heavy (non-hydrogen) atoms. The summed E-state index contributed by atoms with van der Waals surface area (Å²) in [5.74, 6) is 2.14. The first-order valence-electron chi connectivity index (χ1n) is 6.23. The van der Waals surface area contributed by atoms with E-state index in [1.165, 1.54) is 6.42 Å². The Labute approximate surface area is 98.8 Å². The van der Waals surface area contributed by atoms with E-state index in [0.29, 0.717) is 0 Å². The summed E-state index contributed by atoms with van der Waals surface area (Å²) in [6.07, 6.45) is 2.17. The van der Waals surface area contributed by atoms with Crippen molar-refractivity contribution in [2.75, 3.05) is 26.7 Å². The summed E-state index contributed by atoms with van der Waals surface area (Å²) >= 11 is 0. The lowest BCUT2D eigenvalue weighted by molar-refractivity contribution is 0.290. The molecule has 3 nitrogen and oxygen atoms in total. The molecule has 3 heteroatoms. The minimum Gasteiger partial charge on any atom is -0.465 e. The molecule has 0 saturated carbocycles. The Morgan fingerprint density at radius 3 is 2.56 bits per heavy atom. The molecule has 0 aliphatic heterocycles. The largest absolute Gasteiger partial charge is 0.465 e. The predicted octanol–water partition coefficient (Wildman–Crippen LogP) is 2.27. The Morgan fingerprint density at radius 1 is 1.19 bits per heavy atom. The van der Waals surface area contributed by atoms with Gasteiger partial charge >= 0.3 is 0 Å². The number of nitrogens with one attached hydrogen (secondary N) is 1. The van der Waals surface area contributed by atoms with Crippen molar-refractivity contribution < 1.29 is 4.42 Å². The smallest absolute Gasteiger partial charge is 0.118 e. The molecule has 0 fully saturated rings. The molecule has 0 aliphatic rings. The lowest BCUT2D eigenvalue weighted by atomic mass is 10.3. The van der Waals surface area contributed by atoms with Crippen LogP contribution in [0.2, 0.25) is 0 Å². The quantitative estimate of drug-likeness (QED) is 0.687. The van der Waals surface area contributed by atoms with Gasteiger partial charge in [-0.25, -0.2) is 0 Å². The minimum absolute atomic E-state index is 0.897.